The van der Waals surface area contributed by atoms with E-state index in [1.807, 2.05) is 0 Å². The van der Waals surface area contributed by atoms with Gasteiger partial charge in [0.25, 0.3) is 5.91 Å². The Morgan fingerprint density at radius 2 is 1.46 bits per heavy atom. The van der Waals surface area contributed by atoms with Gasteiger partial charge in [-0.2, -0.15) is 0 Å². The first-order valence-corrected chi connectivity index (χ1v) is 8.95. The van der Waals surface area contributed by atoms with Crippen molar-refractivity contribution in [3.8, 4) is 0 Å². The van der Waals surface area contributed by atoms with Gasteiger partial charge in [-0.3, -0.25) is 4.79 Å². The van der Waals surface area contributed by atoms with Gasteiger partial charge in [0.1, 0.15) is 0 Å². The van der Waals surface area contributed by atoms with Crippen molar-refractivity contribution >= 4 is 44.9 Å². The number of nitrogens with two attached hydrogens (primary N) is 1. The molecule has 3 N–H and O–H groups in total. The molecule has 7 nitrogen and oxygen atoms in total. The molecule has 8 heteroatoms. The lowest BCUT2D eigenvalue weighted by atomic mass is 10.2. The first kappa shape index (κ1) is 19.2. The van der Waals surface area contributed by atoms with Crippen LogP contribution in [-0.2, 0) is 4.84 Å². The van der Waals surface area contributed by atoms with E-state index in [1.165, 1.54) is 0 Å². The zero-order chi connectivity index (χ0) is 19.9. The molecule has 0 fully saturated rings. The van der Waals surface area contributed by atoms with Gasteiger partial charge < -0.3 is 10.6 Å². The summed E-state index contributed by atoms with van der Waals surface area (Å²) < 4.78 is 0.872. The monoisotopic (exact) mass is 438 g/mol. The maximum Gasteiger partial charge on any atom is 0.362 e. The van der Waals surface area contributed by atoms with Gasteiger partial charge >= 0.3 is 5.97 Å². The van der Waals surface area contributed by atoms with Crippen molar-refractivity contribution in [2.45, 2.75) is 0 Å². The minimum atomic E-state index is -0.509. The topological polar surface area (TPSA) is 106 Å². The molecule has 0 aliphatic carbocycles. The summed E-state index contributed by atoms with van der Waals surface area (Å²) in [5, 5.41) is 7.58. The van der Waals surface area contributed by atoms with Crippen LogP contribution < -0.4 is 11.2 Å². The zero-order valence-corrected chi connectivity index (χ0v) is 16.1. The summed E-state index contributed by atoms with van der Waals surface area (Å²) in [5.41, 5.74) is 10.6. The molecule has 0 saturated heterocycles. The van der Waals surface area contributed by atoms with Crippen LogP contribution in [0.4, 0.5) is 17.1 Å². The van der Waals surface area contributed by atoms with Gasteiger partial charge in [0.05, 0.1) is 16.9 Å². The molecule has 3 aromatic carbocycles. The van der Waals surface area contributed by atoms with Gasteiger partial charge in [-0.05, 0) is 72.8 Å². The Balaban J connectivity index is 1.55. The summed E-state index contributed by atoms with van der Waals surface area (Å²) in [5.74, 6) is -0.976. The van der Waals surface area contributed by atoms with Crippen molar-refractivity contribution in [1.82, 2.24) is 0 Å². The van der Waals surface area contributed by atoms with Crippen LogP contribution in [0.3, 0.4) is 0 Å². The van der Waals surface area contributed by atoms with Crippen molar-refractivity contribution in [3.05, 3.63) is 88.4 Å². The number of benzene rings is 3. The molecule has 140 valence electrons. The van der Waals surface area contributed by atoms with Gasteiger partial charge in [0, 0.05) is 15.7 Å². The maximum atomic E-state index is 12.0. The number of hydrogen-bond donors (Lipinski definition) is 2. The summed E-state index contributed by atoms with van der Waals surface area (Å²) in [6, 6.07) is 19.8. The van der Waals surface area contributed by atoms with Gasteiger partial charge in [-0.25, -0.2) is 10.3 Å². The molecule has 0 bridgehead atoms. The van der Waals surface area contributed by atoms with Crippen LogP contribution in [0.5, 0.6) is 0 Å². The predicted octanol–water partition coefficient (Wildman–Crippen LogP) is 5.14. The van der Waals surface area contributed by atoms with Crippen LogP contribution in [0.15, 0.2) is 87.5 Å². The van der Waals surface area contributed by atoms with E-state index in [9.17, 15) is 9.59 Å². The average molecular weight is 439 g/mol. The highest BCUT2D eigenvalue weighted by molar-refractivity contribution is 9.10. The van der Waals surface area contributed by atoms with E-state index >= 15 is 0 Å². The third-order valence-corrected chi connectivity index (χ3v) is 4.15. The standard InChI is InChI=1S/C20H15BrN4O3/c21-15-5-1-14(2-6-15)20(27)28-25-18-11-9-17(10-12-18)23-24-19(26)13-3-7-16(22)8-4-13/h1-12,25H,22H2. The molecule has 0 heterocycles. The fourth-order valence-electron chi connectivity index (χ4n) is 2.13. The smallest absolute Gasteiger partial charge is 0.362 e. The van der Waals surface area contributed by atoms with Crippen molar-refractivity contribution in [3.63, 3.8) is 0 Å². The number of amides is 1. The number of carbonyl (C=O) groups is 2. The Bertz CT molecular complexity index is 1000. The molecule has 28 heavy (non-hydrogen) atoms. The Hall–Kier alpha value is -3.52. The number of nitrogen functional groups attached to an aromatic ring is 1. The highest BCUT2D eigenvalue weighted by atomic mass is 79.9. The molecule has 1 amide bonds. The Kier molecular flexibility index (Phi) is 6.13. The molecular weight excluding hydrogens is 424 g/mol. The molecule has 3 aromatic rings. The van der Waals surface area contributed by atoms with E-state index in [0.717, 1.165) is 4.47 Å². The minimum absolute atomic E-state index is 0.399. The van der Waals surface area contributed by atoms with Crippen molar-refractivity contribution in [2.24, 2.45) is 10.2 Å². The van der Waals surface area contributed by atoms with E-state index in [1.54, 1.807) is 72.8 Å². The highest BCUT2D eigenvalue weighted by Crippen LogP contribution is 2.18. The van der Waals surface area contributed by atoms with Crippen LogP contribution in [0, 0.1) is 0 Å². The quantitative estimate of drug-likeness (QED) is 0.325. The fraction of sp³-hybridized carbons (Fsp3) is 0. The second kappa shape index (κ2) is 8.92. The van der Waals surface area contributed by atoms with Crippen molar-refractivity contribution < 1.29 is 14.4 Å². The molecule has 3 rings (SSSR count). The molecular formula is C20H15BrN4O3. The van der Waals surface area contributed by atoms with Crippen LogP contribution in [-0.4, -0.2) is 11.9 Å². The van der Waals surface area contributed by atoms with Crippen LogP contribution in [0.2, 0.25) is 0 Å². The summed E-state index contributed by atoms with van der Waals surface area (Å²) in [6.45, 7) is 0. The van der Waals surface area contributed by atoms with Crippen LogP contribution in [0.25, 0.3) is 0 Å². The minimum Gasteiger partial charge on any atom is -0.399 e. The molecule has 0 aromatic heterocycles. The lowest BCUT2D eigenvalue weighted by Crippen LogP contribution is -2.10. The largest absolute Gasteiger partial charge is 0.399 e. The molecule has 0 saturated carbocycles. The normalized spacial score (nSPS) is 10.6. The van der Waals surface area contributed by atoms with E-state index < -0.39 is 11.9 Å². The van der Waals surface area contributed by atoms with E-state index in [2.05, 4.69) is 31.6 Å². The van der Waals surface area contributed by atoms with Gasteiger partial charge in [0.15, 0.2) is 0 Å². The lowest BCUT2D eigenvalue weighted by Gasteiger charge is -2.07. The molecule has 0 spiro atoms. The number of azo groups is 1. The Morgan fingerprint density at radius 3 is 2.11 bits per heavy atom. The van der Waals surface area contributed by atoms with Crippen LogP contribution in [0.1, 0.15) is 20.7 Å². The molecule has 0 atom stereocenters. The molecule has 0 radical (unpaired) electrons. The average Bonchev–Trinajstić information content (AvgIpc) is 2.72. The van der Waals surface area contributed by atoms with Crippen molar-refractivity contribution in [2.75, 3.05) is 11.2 Å². The van der Waals surface area contributed by atoms with Gasteiger partial charge in [-0.1, -0.05) is 15.9 Å². The Labute approximate surface area is 169 Å². The third-order valence-electron chi connectivity index (χ3n) is 3.62. The molecule has 0 unspecified atom stereocenters. The van der Waals surface area contributed by atoms with Crippen LogP contribution >= 0.6 is 15.9 Å². The number of nitrogens with zero attached hydrogens (tertiary/aromatic N) is 2. The van der Waals surface area contributed by atoms with Gasteiger partial charge in [0.2, 0.25) is 0 Å². The first-order chi connectivity index (χ1) is 13.5. The number of halogens is 1. The Morgan fingerprint density at radius 1 is 0.857 bits per heavy atom. The third kappa shape index (κ3) is 5.24. The summed E-state index contributed by atoms with van der Waals surface area (Å²) in [4.78, 5) is 28.9. The maximum absolute atomic E-state index is 12.0. The van der Waals surface area contributed by atoms with E-state index in [-0.39, 0.29) is 0 Å². The number of carbonyl (C=O) groups excluding carboxylic acids is 2. The highest BCUT2D eigenvalue weighted by Gasteiger charge is 2.07. The summed E-state index contributed by atoms with van der Waals surface area (Å²) in [6.07, 6.45) is 0. The fourth-order valence-corrected chi connectivity index (χ4v) is 2.40. The van der Waals surface area contributed by atoms with Gasteiger partial charge in [-0.15, -0.1) is 10.2 Å². The zero-order valence-electron chi connectivity index (χ0n) is 14.5. The second-order valence-electron chi connectivity index (χ2n) is 5.67. The SMILES string of the molecule is Nc1ccc(C(=O)N=Nc2ccc(NOC(=O)c3ccc(Br)cc3)cc2)cc1. The molecule has 0 aliphatic rings. The predicted molar refractivity (Wildman–Crippen MR) is 109 cm³/mol. The number of anilines is 2. The molecule has 0 aliphatic heterocycles. The lowest BCUT2D eigenvalue weighted by molar-refractivity contribution is 0.0596. The second-order valence-corrected chi connectivity index (χ2v) is 6.59. The summed E-state index contributed by atoms with van der Waals surface area (Å²) >= 11 is 3.30. The first-order valence-electron chi connectivity index (χ1n) is 8.16. The van der Waals surface area contributed by atoms with E-state index in [0.29, 0.717) is 28.2 Å². The number of nitrogens with one attached hydrogen (secondary N) is 1. The van der Waals surface area contributed by atoms with Crippen molar-refractivity contribution in [1.29, 1.82) is 0 Å². The van der Waals surface area contributed by atoms with E-state index in [4.69, 9.17) is 10.6 Å². The number of rotatable bonds is 5. The summed E-state index contributed by atoms with van der Waals surface area (Å²) in [7, 11) is 0. The number of hydrogen-bond acceptors (Lipinski definition) is 6.